The maximum atomic E-state index is 12.1. The SMILES string of the molecule is CCC(=O)Nc1cccc(C(=O)Nc2ncc(C)s2)c1. The molecule has 0 spiro atoms. The van der Waals surface area contributed by atoms with Gasteiger partial charge in [-0.05, 0) is 25.1 Å². The second-order valence-electron chi connectivity index (χ2n) is 4.21. The van der Waals surface area contributed by atoms with Crippen LogP contribution in [0.2, 0.25) is 0 Å². The summed E-state index contributed by atoms with van der Waals surface area (Å²) in [4.78, 5) is 28.5. The molecule has 0 aliphatic heterocycles. The van der Waals surface area contributed by atoms with Crippen LogP contribution in [0.25, 0.3) is 0 Å². The van der Waals surface area contributed by atoms with Gasteiger partial charge < -0.3 is 5.32 Å². The normalized spacial score (nSPS) is 10.1. The maximum absolute atomic E-state index is 12.1. The van der Waals surface area contributed by atoms with Crippen LogP contribution in [0.15, 0.2) is 30.5 Å². The number of carbonyl (C=O) groups excluding carboxylic acids is 2. The molecule has 2 N–H and O–H groups in total. The second-order valence-corrected chi connectivity index (χ2v) is 5.45. The van der Waals surface area contributed by atoms with Gasteiger partial charge in [0.05, 0.1) is 0 Å². The number of aromatic nitrogens is 1. The summed E-state index contributed by atoms with van der Waals surface area (Å²) in [5.41, 5.74) is 1.09. The van der Waals surface area contributed by atoms with E-state index >= 15 is 0 Å². The first kappa shape index (κ1) is 14.2. The highest BCUT2D eigenvalue weighted by Gasteiger charge is 2.09. The van der Waals surface area contributed by atoms with E-state index in [1.807, 2.05) is 6.92 Å². The molecule has 1 aromatic heterocycles. The van der Waals surface area contributed by atoms with Crippen LogP contribution in [0.4, 0.5) is 10.8 Å². The van der Waals surface area contributed by atoms with Crippen molar-refractivity contribution in [3.8, 4) is 0 Å². The first-order valence-electron chi connectivity index (χ1n) is 6.22. The Hall–Kier alpha value is -2.21. The fraction of sp³-hybridized carbons (Fsp3) is 0.214. The second kappa shape index (κ2) is 6.29. The summed E-state index contributed by atoms with van der Waals surface area (Å²) in [6.45, 7) is 3.70. The van der Waals surface area contributed by atoms with Crippen molar-refractivity contribution in [3.63, 3.8) is 0 Å². The largest absolute Gasteiger partial charge is 0.326 e. The lowest BCUT2D eigenvalue weighted by molar-refractivity contribution is -0.115. The van der Waals surface area contributed by atoms with Gasteiger partial charge in [0.1, 0.15) is 0 Å². The number of nitrogens with one attached hydrogen (secondary N) is 2. The van der Waals surface area contributed by atoms with Gasteiger partial charge in [0.25, 0.3) is 5.91 Å². The summed E-state index contributed by atoms with van der Waals surface area (Å²) >= 11 is 1.42. The van der Waals surface area contributed by atoms with Crippen molar-refractivity contribution in [1.82, 2.24) is 4.98 Å². The van der Waals surface area contributed by atoms with Crippen LogP contribution < -0.4 is 10.6 Å². The third-order valence-corrected chi connectivity index (χ3v) is 3.40. The minimum absolute atomic E-state index is 0.0851. The van der Waals surface area contributed by atoms with E-state index in [1.165, 1.54) is 11.3 Å². The Morgan fingerprint density at radius 3 is 2.75 bits per heavy atom. The molecule has 0 aliphatic rings. The summed E-state index contributed by atoms with van der Waals surface area (Å²) in [5.74, 6) is -0.329. The Balaban J connectivity index is 2.10. The van der Waals surface area contributed by atoms with Crippen molar-refractivity contribution in [2.45, 2.75) is 20.3 Å². The summed E-state index contributed by atoms with van der Waals surface area (Å²) in [6, 6.07) is 6.81. The summed E-state index contributed by atoms with van der Waals surface area (Å²) in [6.07, 6.45) is 2.10. The molecule has 2 rings (SSSR count). The molecule has 2 amide bonds. The van der Waals surface area contributed by atoms with Gasteiger partial charge in [0.15, 0.2) is 5.13 Å². The molecule has 0 fully saturated rings. The van der Waals surface area contributed by atoms with E-state index in [4.69, 9.17) is 0 Å². The molecule has 20 heavy (non-hydrogen) atoms. The van der Waals surface area contributed by atoms with Crippen molar-refractivity contribution < 1.29 is 9.59 Å². The summed E-state index contributed by atoms with van der Waals surface area (Å²) in [7, 11) is 0. The third-order valence-electron chi connectivity index (χ3n) is 2.57. The van der Waals surface area contributed by atoms with Crippen LogP contribution in [0.5, 0.6) is 0 Å². The Morgan fingerprint density at radius 1 is 1.30 bits per heavy atom. The Bertz CT molecular complexity index is 637. The number of hydrogen-bond donors (Lipinski definition) is 2. The number of anilines is 2. The minimum Gasteiger partial charge on any atom is -0.326 e. The van der Waals surface area contributed by atoms with Crippen molar-refractivity contribution in [3.05, 3.63) is 40.9 Å². The number of thiazole rings is 1. The van der Waals surface area contributed by atoms with Gasteiger partial charge in [-0.3, -0.25) is 14.9 Å². The highest BCUT2D eigenvalue weighted by atomic mass is 32.1. The quantitative estimate of drug-likeness (QED) is 0.908. The smallest absolute Gasteiger partial charge is 0.257 e. The summed E-state index contributed by atoms with van der Waals surface area (Å²) in [5, 5.41) is 6.02. The zero-order valence-electron chi connectivity index (χ0n) is 11.3. The lowest BCUT2D eigenvalue weighted by atomic mass is 10.2. The zero-order valence-corrected chi connectivity index (χ0v) is 12.1. The van der Waals surface area contributed by atoms with Crippen LogP contribution in [0.1, 0.15) is 28.6 Å². The molecule has 0 saturated carbocycles. The molecule has 6 heteroatoms. The van der Waals surface area contributed by atoms with E-state index in [0.29, 0.717) is 22.8 Å². The number of nitrogens with zero attached hydrogens (tertiary/aromatic N) is 1. The number of rotatable bonds is 4. The molecule has 0 radical (unpaired) electrons. The fourth-order valence-corrected chi connectivity index (χ4v) is 2.23. The molecule has 1 heterocycles. The standard InChI is InChI=1S/C14H15N3O2S/c1-3-12(18)16-11-6-4-5-10(7-11)13(19)17-14-15-8-9(2)20-14/h4-8H,3H2,1-2H3,(H,16,18)(H,15,17,19). The van der Waals surface area contributed by atoms with Crippen molar-refractivity contribution >= 4 is 34.0 Å². The van der Waals surface area contributed by atoms with Gasteiger partial charge in [-0.1, -0.05) is 13.0 Å². The number of hydrogen-bond acceptors (Lipinski definition) is 4. The number of amides is 2. The molecule has 104 valence electrons. The topological polar surface area (TPSA) is 71.1 Å². The molecule has 0 atom stereocenters. The molecule has 5 nitrogen and oxygen atoms in total. The molecule has 0 saturated heterocycles. The first-order chi connectivity index (χ1) is 9.58. The fourth-order valence-electron chi connectivity index (χ4n) is 1.57. The molecule has 2 aromatic rings. The van der Waals surface area contributed by atoms with Crippen molar-refractivity contribution in [2.24, 2.45) is 0 Å². The Kier molecular flexibility index (Phi) is 4.47. The molecule has 0 unspecified atom stereocenters. The van der Waals surface area contributed by atoms with Crippen LogP contribution in [-0.2, 0) is 4.79 Å². The predicted molar refractivity (Wildman–Crippen MR) is 80.2 cm³/mol. The van der Waals surface area contributed by atoms with Gasteiger partial charge in [0.2, 0.25) is 5.91 Å². The van der Waals surface area contributed by atoms with Gasteiger partial charge in [0, 0.05) is 28.7 Å². The lowest BCUT2D eigenvalue weighted by Gasteiger charge is -2.06. The van der Waals surface area contributed by atoms with Gasteiger partial charge in [-0.25, -0.2) is 4.98 Å². The lowest BCUT2D eigenvalue weighted by Crippen LogP contribution is -2.13. The van der Waals surface area contributed by atoms with Crippen LogP contribution in [0.3, 0.4) is 0 Å². The van der Waals surface area contributed by atoms with Crippen molar-refractivity contribution in [2.75, 3.05) is 10.6 Å². The Morgan fingerprint density at radius 2 is 2.10 bits per heavy atom. The Labute approximate surface area is 121 Å². The van der Waals surface area contributed by atoms with Crippen LogP contribution in [-0.4, -0.2) is 16.8 Å². The van der Waals surface area contributed by atoms with Crippen molar-refractivity contribution in [1.29, 1.82) is 0 Å². The van der Waals surface area contributed by atoms with E-state index in [2.05, 4.69) is 15.6 Å². The average molecular weight is 289 g/mol. The first-order valence-corrected chi connectivity index (χ1v) is 7.04. The van der Waals surface area contributed by atoms with Crippen LogP contribution in [0, 0.1) is 6.92 Å². The number of aryl methyl sites for hydroxylation is 1. The van der Waals surface area contributed by atoms with E-state index in [0.717, 1.165) is 4.88 Å². The highest BCUT2D eigenvalue weighted by molar-refractivity contribution is 7.15. The highest BCUT2D eigenvalue weighted by Crippen LogP contribution is 2.18. The van der Waals surface area contributed by atoms with E-state index in [9.17, 15) is 9.59 Å². The molecular weight excluding hydrogens is 274 g/mol. The zero-order chi connectivity index (χ0) is 14.5. The molecule has 0 aliphatic carbocycles. The van der Waals surface area contributed by atoms with E-state index in [1.54, 1.807) is 37.4 Å². The van der Waals surface area contributed by atoms with Crippen LogP contribution >= 0.6 is 11.3 Å². The third kappa shape index (κ3) is 3.64. The van der Waals surface area contributed by atoms with E-state index in [-0.39, 0.29) is 11.8 Å². The summed E-state index contributed by atoms with van der Waals surface area (Å²) < 4.78 is 0. The molecular formula is C14H15N3O2S. The minimum atomic E-state index is -0.244. The van der Waals surface area contributed by atoms with Gasteiger partial charge in [-0.15, -0.1) is 11.3 Å². The average Bonchev–Trinajstić information content (AvgIpc) is 2.84. The maximum Gasteiger partial charge on any atom is 0.257 e. The monoisotopic (exact) mass is 289 g/mol. The van der Waals surface area contributed by atoms with Gasteiger partial charge in [-0.2, -0.15) is 0 Å². The molecule has 0 bridgehead atoms. The number of benzene rings is 1. The van der Waals surface area contributed by atoms with Gasteiger partial charge >= 0.3 is 0 Å². The molecule has 1 aromatic carbocycles. The van der Waals surface area contributed by atoms with E-state index < -0.39 is 0 Å². The number of carbonyl (C=O) groups is 2. The predicted octanol–water partition coefficient (Wildman–Crippen LogP) is 3.05.